The molecule has 3 aromatic rings. The number of aromatic nitrogens is 3. The molecule has 1 aromatic heterocycles. The molecule has 7 heteroatoms. The van der Waals surface area contributed by atoms with Gasteiger partial charge in [-0.1, -0.05) is 49.7 Å². The molecule has 0 saturated carbocycles. The fourth-order valence-electron chi connectivity index (χ4n) is 4.93. The van der Waals surface area contributed by atoms with Crippen molar-refractivity contribution in [2.75, 3.05) is 19.5 Å². The number of nitrogens with one attached hydrogen (secondary N) is 1. The van der Waals surface area contributed by atoms with Crippen LogP contribution >= 0.6 is 0 Å². The summed E-state index contributed by atoms with van der Waals surface area (Å²) < 4.78 is 13.1. The summed E-state index contributed by atoms with van der Waals surface area (Å²) in [4.78, 5) is 18.3. The molecule has 33 heavy (non-hydrogen) atoms. The number of aryl methyl sites for hydroxylation is 1. The lowest BCUT2D eigenvalue weighted by molar-refractivity contribution is -0.118. The van der Waals surface area contributed by atoms with Gasteiger partial charge in [-0.05, 0) is 30.9 Å². The van der Waals surface area contributed by atoms with Gasteiger partial charge in [-0.25, -0.2) is 4.68 Å². The van der Waals surface area contributed by atoms with E-state index in [1.807, 2.05) is 48.0 Å². The number of carbonyl (C=O) groups excluding carboxylic acids is 1. The van der Waals surface area contributed by atoms with Gasteiger partial charge >= 0.3 is 0 Å². The highest BCUT2D eigenvalue weighted by Crippen LogP contribution is 2.48. The van der Waals surface area contributed by atoms with Crippen molar-refractivity contribution in [1.82, 2.24) is 14.8 Å². The molecule has 0 amide bonds. The number of hydrogen-bond acceptors (Lipinski definition) is 6. The predicted octanol–water partition coefficient (Wildman–Crippen LogP) is 4.93. The third-order valence-corrected chi connectivity index (χ3v) is 6.34. The van der Waals surface area contributed by atoms with Crippen molar-refractivity contribution in [2.24, 2.45) is 5.41 Å². The molecule has 2 heterocycles. The molecule has 7 nitrogen and oxygen atoms in total. The summed E-state index contributed by atoms with van der Waals surface area (Å²) in [6.45, 7) is 6.28. The van der Waals surface area contributed by atoms with Gasteiger partial charge in [-0.2, -0.15) is 4.98 Å². The highest BCUT2D eigenvalue weighted by Gasteiger charge is 2.43. The second kappa shape index (κ2) is 7.76. The number of methoxy groups -OCH3 is 2. The molecule has 1 aliphatic carbocycles. The number of para-hydroxylation sites is 1. The van der Waals surface area contributed by atoms with Crippen molar-refractivity contribution < 1.29 is 14.3 Å². The van der Waals surface area contributed by atoms with Gasteiger partial charge in [-0.3, -0.25) is 4.79 Å². The van der Waals surface area contributed by atoms with Crippen LogP contribution in [0.3, 0.4) is 0 Å². The standard InChI is InChI=1S/C26H28N4O3/c1-15-8-6-9-16(12-15)24-28-25-27-18-13-26(2,3)14-19(31)21(18)22(30(25)29-24)17-10-7-11-20(32-4)23(17)33-5/h6-12,22H,13-14H2,1-5H3,(H,27,28,29). The number of Topliss-reactive ketones (excluding diaryl/α,β-unsaturated/α-hetero) is 1. The molecule has 1 unspecified atom stereocenters. The number of carbonyl (C=O) groups is 1. The second-order valence-corrected chi connectivity index (χ2v) is 9.52. The SMILES string of the molecule is COc1cccc(C2C3=C(CC(C)(C)CC3=O)Nc3nc(-c4cccc(C)c4)nn32)c1OC. The molecule has 1 atom stereocenters. The van der Waals surface area contributed by atoms with Crippen LogP contribution in [0.5, 0.6) is 11.5 Å². The van der Waals surface area contributed by atoms with Crippen molar-refractivity contribution in [3.8, 4) is 22.9 Å². The normalized spacial score (nSPS) is 18.9. The molecule has 2 aromatic carbocycles. The Labute approximate surface area is 193 Å². The second-order valence-electron chi connectivity index (χ2n) is 9.52. The fraction of sp³-hybridized carbons (Fsp3) is 0.346. The van der Waals surface area contributed by atoms with E-state index in [4.69, 9.17) is 19.6 Å². The van der Waals surface area contributed by atoms with E-state index in [0.717, 1.165) is 28.8 Å². The summed E-state index contributed by atoms with van der Waals surface area (Å²) in [7, 11) is 3.23. The van der Waals surface area contributed by atoms with E-state index in [1.54, 1.807) is 14.2 Å². The number of ketones is 1. The lowest BCUT2D eigenvalue weighted by Crippen LogP contribution is -2.36. The summed E-state index contributed by atoms with van der Waals surface area (Å²) in [6.07, 6.45) is 1.23. The van der Waals surface area contributed by atoms with Crippen LogP contribution in [0.2, 0.25) is 0 Å². The zero-order valence-electron chi connectivity index (χ0n) is 19.6. The average Bonchev–Trinajstić information content (AvgIpc) is 3.20. The Hall–Kier alpha value is -3.61. The maximum absolute atomic E-state index is 13.5. The molecule has 0 bridgehead atoms. The summed E-state index contributed by atoms with van der Waals surface area (Å²) in [6, 6.07) is 13.4. The van der Waals surface area contributed by atoms with E-state index in [0.29, 0.717) is 35.3 Å². The minimum absolute atomic E-state index is 0.113. The first-order valence-electron chi connectivity index (χ1n) is 11.1. The Morgan fingerprint density at radius 1 is 1.09 bits per heavy atom. The Kier molecular flexibility index (Phi) is 5.00. The topological polar surface area (TPSA) is 78.3 Å². The van der Waals surface area contributed by atoms with Crippen molar-refractivity contribution >= 4 is 11.7 Å². The zero-order chi connectivity index (χ0) is 23.3. The molecule has 1 aliphatic heterocycles. The third-order valence-electron chi connectivity index (χ3n) is 6.34. The smallest absolute Gasteiger partial charge is 0.226 e. The number of allylic oxidation sites excluding steroid dienone is 2. The molecule has 0 fully saturated rings. The maximum Gasteiger partial charge on any atom is 0.226 e. The number of ether oxygens (including phenoxy) is 2. The van der Waals surface area contributed by atoms with Crippen molar-refractivity contribution in [3.63, 3.8) is 0 Å². The van der Waals surface area contributed by atoms with Crippen molar-refractivity contribution in [3.05, 3.63) is 64.9 Å². The molecule has 170 valence electrons. The Bertz CT molecular complexity index is 1290. The zero-order valence-corrected chi connectivity index (χ0v) is 19.6. The highest BCUT2D eigenvalue weighted by atomic mass is 16.5. The van der Waals surface area contributed by atoms with Crippen LogP contribution in [-0.2, 0) is 4.79 Å². The monoisotopic (exact) mass is 444 g/mol. The van der Waals surface area contributed by atoms with E-state index in [1.165, 1.54) is 0 Å². The minimum Gasteiger partial charge on any atom is -0.493 e. The average molecular weight is 445 g/mol. The first-order chi connectivity index (χ1) is 15.8. The van der Waals surface area contributed by atoms with E-state index in [2.05, 4.69) is 25.2 Å². The van der Waals surface area contributed by atoms with E-state index in [-0.39, 0.29) is 11.2 Å². The number of benzene rings is 2. The molecular weight excluding hydrogens is 416 g/mol. The summed E-state index contributed by atoms with van der Waals surface area (Å²) in [5.41, 5.74) is 4.37. The molecule has 0 spiro atoms. The Morgan fingerprint density at radius 2 is 1.88 bits per heavy atom. The highest BCUT2D eigenvalue weighted by molar-refractivity contribution is 6.00. The molecular formula is C26H28N4O3. The lowest BCUT2D eigenvalue weighted by atomic mass is 9.73. The van der Waals surface area contributed by atoms with Gasteiger partial charge in [0.1, 0.15) is 6.04 Å². The fourth-order valence-corrected chi connectivity index (χ4v) is 4.93. The first-order valence-corrected chi connectivity index (χ1v) is 11.1. The lowest BCUT2D eigenvalue weighted by Gasteiger charge is -2.38. The van der Waals surface area contributed by atoms with Crippen LogP contribution in [0, 0.1) is 12.3 Å². The number of nitrogens with zero attached hydrogens (tertiary/aromatic N) is 3. The van der Waals surface area contributed by atoms with E-state index in [9.17, 15) is 4.79 Å². The molecule has 0 radical (unpaired) electrons. The minimum atomic E-state index is -0.462. The Morgan fingerprint density at radius 3 is 2.61 bits per heavy atom. The van der Waals surface area contributed by atoms with Gasteiger partial charge in [-0.15, -0.1) is 5.10 Å². The van der Waals surface area contributed by atoms with Crippen LogP contribution in [-0.4, -0.2) is 34.8 Å². The van der Waals surface area contributed by atoms with Gasteiger partial charge in [0, 0.05) is 28.8 Å². The van der Waals surface area contributed by atoms with Gasteiger partial charge in [0.25, 0.3) is 0 Å². The quantitative estimate of drug-likeness (QED) is 0.615. The maximum atomic E-state index is 13.5. The van der Waals surface area contributed by atoms with E-state index < -0.39 is 6.04 Å². The predicted molar refractivity (Wildman–Crippen MR) is 127 cm³/mol. The third kappa shape index (κ3) is 3.57. The Balaban J connectivity index is 1.74. The van der Waals surface area contributed by atoms with Crippen LogP contribution in [0.4, 0.5) is 5.95 Å². The van der Waals surface area contributed by atoms with Gasteiger partial charge in [0.15, 0.2) is 23.1 Å². The van der Waals surface area contributed by atoms with E-state index >= 15 is 0 Å². The number of fused-ring (bicyclic) bond motifs is 1. The summed E-state index contributed by atoms with van der Waals surface area (Å²) >= 11 is 0. The van der Waals surface area contributed by atoms with Crippen molar-refractivity contribution in [1.29, 1.82) is 0 Å². The van der Waals surface area contributed by atoms with Gasteiger partial charge in [0.05, 0.1) is 14.2 Å². The van der Waals surface area contributed by atoms with Gasteiger partial charge < -0.3 is 14.8 Å². The number of rotatable bonds is 4. The van der Waals surface area contributed by atoms with Gasteiger partial charge in [0.2, 0.25) is 5.95 Å². The molecule has 1 N–H and O–H groups in total. The molecule has 0 saturated heterocycles. The van der Waals surface area contributed by atoms with Crippen molar-refractivity contribution in [2.45, 2.75) is 39.7 Å². The van der Waals surface area contributed by atoms with Crippen LogP contribution in [0.15, 0.2) is 53.7 Å². The van der Waals surface area contributed by atoms with Crippen LogP contribution in [0.1, 0.15) is 43.9 Å². The van der Waals surface area contributed by atoms with Crippen LogP contribution in [0.25, 0.3) is 11.4 Å². The summed E-state index contributed by atoms with van der Waals surface area (Å²) in [5.74, 6) is 2.54. The molecule has 2 aliphatic rings. The number of hydrogen-bond donors (Lipinski definition) is 1. The first kappa shape index (κ1) is 21.2. The van der Waals surface area contributed by atoms with Crippen LogP contribution < -0.4 is 14.8 Å². The molecule has 5 rings (SSSR count). The number of anilines is 1. The summed E-state index contributed by atoms with van der Waals surface area (Å²) in [5, 5.41) is 8.30. The largest absolute Gasteiger partial charge is 0.493 e.